The fourth-order valence-electron chi connectivity index (χ4n) is 3.63. The fraction of sp³-hybridized carbons (Fsp3) is 0.0500. The number of benzene rings is 3. The molecule has 1 nitrogen and oxygen atoms in total. The van der Waals surface area contributed by atoms with Crippen molar-refractivity contribution in [2.45, 2.75) is 6.92 Å². The quantitative estimate of drug-likeness (QED) is 0.345. The van der Waals surface area contributed by atoms with Gasteiger partial charge in [-0.15, -0.1) is 0 Å². The molecule has 0 radical (unpaired) electrons. The summed E-state index contributed by atoms with van der Waals surface area (Å²) < 4.78 is 0. The maximum absolute atomic E-state index is 4.62. The number of fused-ring (bicyclic) bond motifs is 5. The van der Waals surface area contributed by atoms with E-state index >= 15 is 0 Å². The van der Waals surface area contributed by atoms with E-state index in [-0.39, 0.29) is 0 Å². The molecular weight excluding hydrogens is 254 g/mol. The van der Waals surface area contributed by atoms with Crippen molar-refractivity contribution in [1.29, 1.82) is 0 Å². The zero-order chi connectivity index (χ0) is 14.0. The highest BCUT2D eigenvalue weighted by Gasteiger charge is 2.24. The van der Waals surface area contributed by atoms with Crippen LogP contribution in [0.25, 0.3) is 43.8 Å². The van der Waals surface area contributed by atoms with E-state index in [0.29, 0.717) is 0 Å². The Labute approximate surface area is 122 Å². The maximum atomic E-state index is 4.62. The van der Waals surface area contributed by atoms with Gasteiger partial charge in [0.25, 0.3) is 0 Å². The lowest BCUT2D eigenvalue weighted by Crippen LogP contribution is -1.86. The summed E-state index contributed by atoms with van der Waals surface area (Å²) >= 11 is 0. The van der Waals surface area contributed by atoms with E-state index < -0.39 is 0 Å². The lowest BCUT2D eigenvalue weighted by Gasteiger charge is -2.09. The number of hydrogen-bond acceptors (Lipinski definition) is 1. The first-order valence-electron chi connectivity index (χ1n) is 7.25. The topological polar surface area (TPSA) is 12.9 Å². The standard InChI is InChI=1S/C20H13N/c1-12-17-10-13-6-2-3-7-14(13)19-16-9-5-4-8-15(16)18(11-21-12)20(17)19/h2-11H,1H3. The Morgan fingerprint density at radius 2 is 1.52 bits per heavy atom. The summed E-state index contributed by atoms with van der Waals surface area (Å²) in [5.74, 6) is 0. The highest BCUT2D eigenvalue weighted by atomic mass is 14.7. The molecule has 1 heteroatoms. The molecule has 0 fully saturated rings. The number of rotatable bonds is 0. The van der Waals surface area contributed by atoms with E-state index in [4.69, 9.17) is 0 Å². The molecule has 0 aliphatic heterocycles. The number of aryl methyl sites for hydroxylation is 1. The zero-order valence-corrected chi connectivity index (χ0v) is 11.7. The molecule has 0 saturated heterocycles. The molecule has 1 aliphatic rings. The maximum Gasteiger partial charge on any atom is 0.0451 e. The highest BCUT2D eigenvalue weighted by molar-refractivity contribution is 6.23. The van der Waals surface area contributed by atoms with Crippen molar-refractivity contribution < 1.29 is 0 Å². The van der Waals surface area contributed by atoms with Crippen LogP contribution in [-0.2, 0) is 0 Å². The second-order valence-corrected chi connectivity index (χ2v) is 5.70. The first kappa shape index (κ1) is 11.0. The van der Waals surface area contributed by atoms with Crippen LogP contribution in [0.2, 0.25) is 0 Å². The molecule has 1 heterocycles. The van der Waals surface area contributed by atoms with Crippen molar-refractivity contribution in [3.05, 3.63) is 66.5 Å². The van der Waals surface area contributed by atoms with Crippen LogP contribution in [0, 0.1) is 6.92 Å². The van der Waals surface area contributed by atoms with Crippen LogP contribution in [0.3, 0.4) is 0 Å². The Balaban J connectivity index is 2.16. The lowest BCUT2D eigenvalue weighted by atomic mass is 9.95. The predicted molar refractivity (Wildman–Crippen MR) is 88.4 cm³/mol. The molecule has 98 valence electrons. The predicted octanol–water partition coefficient (Wildman–Crippen LogP) is 5.34. The SMILES string of the molecule is Cc1ncc2c3c(c4ccccc4cc13)-c1ccccc1-2. The van der Waals surface area contributed by atoms with Crippen LogP contribution < -0.4 is 0 Å². The monoisotopic (exact) mass is 267 g/mol. The van der Waals surface area contributed by atoms with E-state index in [9.17, 15) is 0 Å². The Kier molecular flexibility index (Phi) is 1.95. The van der Waals surface area contributed by atoms with Crippen LogP contribution >= 0.6 is 0 Å². The summed E-state index contributed by atoms with van der Waals surface area (Å²) in [5.41, 5.74) is 6.39. The van der Waals surface area contributed by atoms with Gasteiger partial charge in [0.05, 0.1) is 0 Å². The number of nitrogens with zero attached hydrogens (tertiary/aromatic N) is 1. The minimum Gasteiger partial charge on any atom is -0.260 e. The molecule has 0 N–H and O–H groups in total. The first-order chi connectivity index (χ1) is 10.3. The van der Waals surface area contributed by atoms with Crippen molar-refractivity contribution in [3.63, 3.8) is 0 Å². The number of pyridine rings is 1. The third kappa shape index (κ3) is 1.28. The summed E-state index contributed by atoms with van der Waals surface area (Å²) in [6.45, 7) is 2.10. The molecule has 5 rings (SSSR count). The van der Waals surface area contributed by atoms with Crippen LogP contribution in [-0.4, -0.2) is 4.98 Å². The Morgan fingerprint density at radius 3 is 2.43 bits per heavy atom. The van der Waals surface area contributed by atoms with E-state index in [1.165, 1.54) is 43.8 Å². The smallest absolute Gasteiger partial charge is 0.0451 e. The van der Waals surface area contributed by atoms with E-state index in [2.05, 4.69) is 66.5 Å². The first-order valence-corrected chi connectivity index (χ1v) is 7.25. The van der Waals surface area contributed by atoms with Gasteiger partial charge in [0.15, 0.2) is 0 Å². The normalized spacial score (nSPS) is 12.0. The number of hydrogen-bond donors (Lipinski definition) is 0. The van der Waals surface area contributed by atoms with Gasteiger partial charge >= 0.3 is 0 Å². The summed E-state index contributed by atoms with van der Waals surface area (Å²) in [6, 6.07) is 19.6. The van der Waals surface area contributed by atoms with E-state index in [1.54, 1.807) is 0 Å². The van der Waals surface area contributed by atoms with E-state index in [0.717, 1.165) is 5.69 Å². The summed E-state index contributed by atoms with van der Waals surface area (Å²) in [5, 5.41) is 5.26. The molecule has 4 aromatic rings. The molecule has 1 aromatic heterocycles. The second-order valence-electron chi connectivity index (χ2n) is 5.70. The van der Waals surface area contributed by atoms with Gasteiger partial charge in [0, 0.05) is 28.2 Å². The minimum absolute atomic E-state index is 1.11. The summed E-state index contributed by atoms with van der Waals surface area (Å²) in [6.07, 6.45) is 2.03. The van der Waals surface area contributed by atoms with Gasteiger partial charge in [0.2, 0.25) is 0 Å². The second kappa shape index (κ2) is 3.70. The molecule has 1 aliphatic carbocycles. The molecule has 3 aromatic carbocycles. The summed E-state index contributed by atoms with van der Waals surface area (Å²) in [4.78, 5) is 4.62. The largest absolute Gasteiger partial charge is 0.260 e. The average molecular weight is 267 g/mol. The van der Waals surface area contributed by atoms with Gasteiger partial charge in [-0.3, -0.25) is 4.98 Å². The fourth-order valence-corrected chi connectivity index (χ4v) is 3.63. The van der Waals surface area contributed by atoms with Gasteiger partial charge in [-0.2, -0.15) is 0 Å². The molecule has 0 amide bonds. The molecule has 21 heavy (non-hydrogen) atoms. The van der Waals surface area contributed by atoms with Gasteiger partial charge in [-0.05, 0) is 40.5 Å². The average Bonchev–Trinajstić information content (AvgIpc) is 2.87. The van der Waals surface area contributed by atoms with Crippen molar-refractivity contribution in [1.82, 2.24) is 4.98 Å². The zero-order valence-electron chi connectivity index (χ0n) is 11.7. The van der Waals surface area contributed by atoms with Gasteiger partial charge in [-0.1, -0.05) is 48.5 Å². The van der Waals surface area contributed by atoms with Gasteiger partial charge < -0.3 is 0 Å². The Morgan fingerprint density at radius 1 is 0.762 bits per heavy atom. The van der Waals surface area contributed by atoms with Crippen molar-refractivity contribution in [2.24, 2.45) is 0 Å². The minimum atomic E-state index is 1.11. The van der Waals surface area contributed by atoms with Gasteiger partial charge in [-0.25, -0.2) is 0 Å². The third-order valence-corrected chi connectivity index (χ3v) is 4.58. The van der Waals surface area contributed by atoms with Crippen molar-refractivity contribution in [3.8, 4) is 22.3 Å². The van der Waals surface area contributed by atoms with Gasteiger partial charge in [0.1, 0.15) is 0 Å². The third-order valence-electron chi connectivity index (χ3n) is 4.58. The Bertz CT molecular complexity index is 1040. The summed E-state index contributed by atoms with van der Waals surface area (Å²) in [7, 11) is 0. The highest BCUT2D eigenvalue weighted by Crippen LogP contribution is 2.50. The van der Waals surface area contributed by atoms with Crippen LogP contribution in [0.4, 0.5) is 0 Å². The van der Waals surface area contributed by atoms with Crippen LogP contribution in [0.5, 0.6) is 0 Å². The van der Waals surface area contributed by atoms with E-state index in [1.807, 2.05) is 6.20 Å². The molecule has 0 atom stereocenters. The Hall–Kier alpha value is -2.67. The number of aromatic nitrogens is 1. The van der Waals surface area contributed by atoms with Crippen molar-refractivity contribution >= 4 is 21.5 Å². The molecule has 0 saturated carbocycles. The van der Waals surface area contributed by atoms with Crippen LogP contribution in [0.1, 0.15) is 5.69 Å². The molecular formula is C20H13N. The molecule has 0 bridgehead atoms. The molecule has 0 unspecified atom stereocenters. The van der Waals surface area contributed by atoms with Crippen molar-refractivity contribution in [2.75, 3.05) is 0 Å². The molecule has 0 spiro atoms. The van der Waals surface area contributed by atoms with Crippen LogP contribution in [0.15, 0.2) is 60.8 Å². The lowest BCUT2D eigenvalue weighted by molar-refractivity contribution is 1.24.